The lowest BCUT2D eigenvalue weighted by molar-refractivity contribution is -0.118. The first-order valence-electron chi connectivity index (χ1n) is 12.2. The smallest absolute Gasteiger partial charge is 0.437 e. The van der Waals surface area contributed by atoms with Gasteiger partial charge in [-0.2, -0.15) is 4.98 Å². The van der Waals surface area contributed by atoms with Crippen LogP contribution in [0.2, 0.25) is 0 Å². The van der Waals surface area contributed by atoms with Gasteiger partial charge in [-0.25, -0.2) is 4.79 Å². The van der Waals surface area contributed by atoms with Gasteiger partial charge < -0.3 is 14.8 Å². The summed E-state index contributed by atoms with van der Waals surface area (Å²) in [4.78, 5) is 29.0. The number of ether oxygens (including phenoxy) is 2. The SMILES string of the molecule is COC(=O)Oc1csc(NC(=O)C(CC2CCCC2)c2ccc(-c3cccc4ccccc34)cc2)n1. The number of nitrogens with one attached hydrogen (secondary N) is 1. The van der Waals surface area contributed by atoms with Crippen LogP contribution in [0.1, 0.15) is 43.6 Å². The second kappa shape index (κ2) is 10.9. The molecule has 0 radical (unpaired) electrons. The number of aromatic nitrogens is 1. The second-order valence-corrected chi connectivity index (χ2v) is 9.98. The average Bonchev–Trinajstić information content (AvgIpc) is 3.59. The standard InChI is InChI=1S/C29H28N2O4S/c1-34-29(33)35-26-18-36-28(30-26)31-27(32)25(17-19-7-2-3-8-19)22-15-13-21(14-16-22)24-12-6-10-20-9-4-5-11-23(20)24/h4-6,9-16,18-19,25H,2-3,7-8,17H2,1H3,(H,30,31,32). The number of benzene rings is 3. The van der Waals surface area contributed by atoms with Crippen LogP contribution in [0.15, 0.2) is 72.1 Å². The predicted octanol–water partition coefficient (Wildman–Crippen LogP) is 7.41. The molecular weight excluding hydrogens is 472 g/mol. The number of hydrogen-bond acceptors (Lipinski definition) is 6. The third kappa shape index (κ3) is 5.41. The van der Waals surface area contributed by atoms with Crippen molar-refractivity contribution in [1.82, 2.24) is 4.98 Å². The van der Waals surface area contributed by atoms with Gasteiger partial charge in [0.2, 0.25) is 11.8 Å². The number of carbonyl (C=O) groups excluding carboxylic acids is 2. The fourth-order valence-electron chi connectivity index (χ4n) is 5.03. The van der Waals surface area contributed by atoms with Gasteiger partial charge in [0.1, 0.15) is 0 Å². The highest BCUT2D eigenvalue weighted by molar-refractivity contribution is 7.14. The summed E-state index contributed by atoms with van der Waals surface area (Å²) >= 11 is 1.21. The van der Waals surface area contributed by atoms with E-state index in [2.05, 4.69) is 81.8 Å². The fraction of sp³-hybridized carbons (Fsp3) is 0.276. The molecule has 0 spiro atoms. The van der Waals surface area contributed by atoms with Crippen molar-refractivity contribution in [3.05, 3.63) is 77.7 Å². The summed E-state index contributed by atoms with van der Waals surface area (Å²) in [6.07, 6.45) is 4.72. The van der Waals surface area contributed by atoms with Gasteiger partial charge in [0, 0.05) is 0 Å². The van der Waals surface area contributed by atoms with Crippen molar-refractivity contribution in [3.8, 4) is 17.0 Å². The Bertz CT molecular complexity index is 1350. The molecule has 5 rings (SSSR count). The maximum Gasteiger partial charge on any atom is 0.514 e. The number of amides is 1. The zero-order chi connectivity index (χ0) is 24.9. The number of anilines is 1. The highest BCUT2D eigenvalue weighted by Gasteiger charge is 2.27. The van der Waals surface area contributed by atoms with E-state index >= 15 is 0 Å². The van der Waals surface area contributed by atoms with E-state index in [0.29, 0.717) is 11.0 Å². The molecule has 0 aliphatic heterocycles. The first-order valence-corrected chi connectivity index (χ1v) is 13.1. The quantitative estimate of drug-likeness (QED) is 0.267. The highest BCUT2D eigenvalue weighted by Crippen LogP contribution is 2.36. The number of carbonyl (C=O) groups is 2. The van der Waals surface area contributed by atoms with Gasteiger partial charge in [-0.05, 0) is 39.8 Å². The number of rotatable bonds is 7. The van der Waals surface area contributed by atoms with E-state index in [0.717, 1.165) is 30.4 Å². The molecule has 0 saturated heterocycles. The monoisotopic (exact) mass is 500 g/mol. The van der Waals surface area contributed by atoms with Crippen molar-refractivity contribution in [3.63, 3.8) is 0 Å². The summed E-state index contributed by atoms with van der Waals surface area (Å²) in [6.45, 7) is 0. The molecule has 6 nitrogen and oxygen atoms in total. The van der Waals surface area contributed by atoms with Crippen LogP contribution in [0.5, 0.6) is 5.88 Å². The summed E-state index contributed by atoms with van der Waals surface area (Å²) in [7, 11) is 1.23. The molecule has 184 valence electrons. The number of methoxy groups -OCH3 is 1. The Morgan fingerprint density at radius 1 is 1.03 bits per heavy atom. The highest BCUT2D eigenvalue weighted by atomic mass is 32.1. The number of fused-ring (bicyclic) bond motifs is 1. The maximum atomic E-state index is 13.4. The van der Waals surface area contributed by atoms with Crippen LogP contribution in [-0.2, 0) is 9.53 Å². The molecule has 1 N–H and O–H groups in total. The Morgan fingerprint density at radius 3 is 2.56 bits per heavy atom. The van der Waals surface area contributed by atoms with E-state index in [-0.39, 0.29) is 17.7 Å². The molecule has 1 atom stereocenters. The molecule has 1 saturated carbocycles. The van der Waals surface area contributed by atoms with Gasteiger partial charge in [0.15, 0.2) is 5.13 Å². The molecule has 1 amide bonds. The third-order valence-corrected chi connectivity index (χ3v) is 7.58. The summed E-state index contributed by atoms with van der Waals surface area (Å²) in [5.41, 5.74) is 3.29. The summed E-state index contributed by atoms with van der Waals surface area (Å²) in [5, 5.41) is 7.31. The number of thiazole rings is 1. The largest absolute Gasteiger partial charge is 0.514 e. The summed E-state index contributed by atoms with van der Waals surface area (Å²) in [6, 6.07) is 23.1. The molecule has 0 bridgehead atoms. The molecular formula is C29H28N2O4S. The summed E-state index contributed by atoms with van der Waals surface area (Å²) in [5.74, 6) is 0.254. The van der Waals surface area contributed by atoms with E-state index in [9.17, 15) is 9.59 Å². The Kier molecular flexibility index (Phi) is 7.28. The van der Waals surface area contributed by atoms with Crippen LogP contribution in [-0.4, -0.2) is 24.2 Å². The van der Waals surface area contributed by atoms with Crippen LogP contribution in [0, 0.1) is 5.92 Å². The normalized spacial score (nSPS) is 14.5. The van der Waals surface area contributed by atoms with Gasteiger partial charge in [0.05, 0.1) is 18.4 Å². The Morgan fingerprint density at radius 2 is 1.78 bits per heavy atom. The lowest BCUT2D eigenvalue weighted by Crippen LogP contribution is -2.23. The second-order valence-electron chi connectivity index (χ2n) is 9.12. The van der Waals surface area contributed by atoms with Crippen molar-refractivity contribution in [2.75, 3.05) is 12.4 Å². The van der Waals surface area contributed by atoms with E-state index in [1.54, 1.807) is 5.38 Å². The molecule has 1 aromatic heterocycles. The Labute approximate surface area is 214 Å². The third-order valence-electron chi connectivity index (χ3n) is 6.84. The molecule has 1 aliphatic carbocycles. The first-order chi connectivity index (χ1) is 17.6. The van der Waals surface area contributed by atoms with Crippen molar-refractivity contribution < 1.29 is 19.1 Å². The van der Waals surface area contributed by atoms with Crippen LogP contribution in [0.3, 0.4) is 0 Å². The van der Waals surface area contributed by atoms with Gasteiger partial charge in [-0.3, -0.25) is 4.79 Å². The molecule has 1 heterocycles. The van der Waals surface area contributed by atoms with Crippen molar-refractivity contribution in [2.24, 2.45) is 5.92 Å². The molecule has 36 heavy (non-hydrogen) atoms. The van der Waals surface area contributed by atoms with Gasteiger partial charge in [0.25, 0.3) is 0 Å². The molecule has 1 fully saturated rings. The van der Waals surface area contributed by atoms with E-state index in [1.807, 2.05) is 0 Å². The van der Waals surface area contributed by atoms with Gasteiger partial charge in [-0.15, -0.1) is 11.3 Å². The molecule has 3 aromatic carbocycles. The molecule has 4 aromatic rings. The summed E-state index contributed by atoms with van der Waals surface area (Å²) < 4.78 is 9.45. The average molecular weight is 501 g/mol. The maximum absolute atomic E-state index is 13.4. The minimum Gasteiger partial charge on any atom is -0.437 e. The fourth-order valence-corrected chi connectivity index (χ4v) is 5.64. The molecule has 1 aliphatic rings. The van der Waals surface area contributed by atoms with Crippen molar-refractivity contribution in [1.29, 1.82) is 0 Å². The lowest BCUT2D eigenvalue weighted by Gasteiger charge is -2.20. The molecule has 7 heteroatoms. The number of nitrogens with zero attached hydrogens (tertiary/aromatic N) is 1. The lowest BCUT2D eigenvalue weighted by atomic mass is 9.86. The Balaban J connectivity index is 1.38. The van der Waals surface area contributed by atoms with Crippen LogP contribution >= 0.6 is 11.3 Å². The first kappa shape index (κ1) is 24.0. The minimum absolute atomic E-state index is 0.0984. The van der Waals surface area contributed by atoms with Crippen molar-refractivity contribution >= 4 is 39.3 Å². The van der Waals surface area contributed by atoms with E-state index < -0.39 is 6.16 Å². The van der Waals surface area contributed by atoms with E-state index in [1.165, 1.54) is 47.6 Å². The minimum atomic E-state index is -0.844. The zero-order valence-corrected chi connectivity index (χ0v) is 20.9. The Hall–Kier alpha value is -3.71. The van der Waals surface area contributed by atoms with Crippen LogP contribution in [0.4, 0.5) is 9.93 Å². The van der Waals surface area contributed by atoms with Crippen LogP contribution < -0.4 is 10.1 Å². The predicted molar refractivity (Wildman–Crippen MR) is 142 cm³/mol. The molecule has 1 unspecified atom stereocenters. The topological polar surface area (TPSA) is 77.5 Å². The van der Waals surface area contributed by atoms with Gasteiger partial charge in [-0.1, -0.05) is 92.4 Å². The number of hydrogen-bond donors (Lipinski definition) is 1. The van der Waals surface area contributed by atoms with Gasteiger partial charge >= 0.3 is 6.16 Å². The van der Waals surface area contributed by atoms with E-state index in [4.69, 9.17) is 4.74 Å². The van der Waals surface area contributed by atoms with Crippen molar-refractivity contribution in [2.45, 2.75) is 38.0 Å². The zero-order valence-electron chi connectivity index (χ0n) is 20.1. The van der Waals surface area contributed by atoms with Crippen LogP contribution in [0.25, 0.3) is 21.9 Å².